The molecule has 2 aliphatic carbocycles. The molecule has 18 heavy (non-hydrogen) atoms. The Labute approximate surface area is 110 Å². The molecule has 0 aliphatic heterocycles. The Balaban J connectivity index is 1.75. The molecule has 0 radical (unpaired) electrons. The molecule has 1 aromatic carbocycles. The first-order chi connectivity index (χ1) is 8.78. The van der Waals surface area contributed by atoms with Gasteiger partial charge in [-0.2, -0.15) is 0 Å². The van der Waals surface area contributed by atoms with Crippen molar-refractivity contribution < 1.29 is 4.74 Å². The van der Waals surface area contributed by atoms with Crippen LogP contribution < -0.4 is 10.1 Å². The molecule has 0 amide bonds. The van der Waals surface area contributed by atoms with Crippen LogP contribution in [0.3, 0.4) is 0 Å². The molecular formula is C16H23NO. The van der Waals surface area contributed by atoms with Crippen molar-refractivity contribution in [2.75, 3.05) is 6.54 Å². The average molecular weight is 245 g/mol. The van der Waals surface area contributed by atoms with Gasteiger partial charge in [0, 0.05) is 6.04 Å². The van der Waals surface area contributed by atoms with Crippen molar-refractivity contribution in [1.82, 2.24) is 5.32 Å². The van der Waals surface area contributed by atoms with E-state index in [0.29, 0.717) is 12.1 Å². The first-order valence-electron chi connectivity index (χ1n) is 7.28. The van der Waals surface area contributed by atoms with Crippen molar-refractivity contribution in [3.8, 4) is 5.75 Å². The molecule has 0 heterocycles. The highest BCUT2D eigenvalue weighted by Crippen LogP contribution is 2.47. The Morgan fingerprint density at radius 3 is 2.78 bits per heavy atom. The van der Waals surface area contributed by atoms with E-state index < -0.39 is 0 Å². The smallest absolute Gasteiger partial charge is 0.120 e. The molecule has 0 aromatic heterocycles. The molecule has 3 unspecified atom stereocenters. The lowest BCUT2D eigenvalue weighted by molar-refractivity contribution is 0.302. The normalized spacial score (nSPS) is 27.9. The van der Waals surface area contributed by atoms with Gasteiger partial charge >= 0.3 is 0 Å². The van der Waals surface area contributed by atoms with Crippen molar-refractivity contribution in [2.45, 2.75) is 45.3 Å². The lowest BCUT2D eigenvalue weighted by Gasteiger charge is -2.19. The van der Waals surface area contributed by atoms with Crippen molar-refractivity contribution in [2.24, 2.45) is 11.8 Å². The molecule has 1 aromatic rings. The molecule has 0 saturated heterocycles. The Bertz CT molecular complexity index is 413. The summed E-state index contributed by atoms with van der Waals surface area (Å²) >= 11 is 0. The van der Waals surface area contributed by atoms with Crippen LogP contribution in [0.2, 0.25) is 0 Å². The van der Waals surface area contributed by atoms with Gasteiger partial charge in [0.25, 0.3) is 0 Å². The summed E-state index contributed by atoms with van der Waals surface area (Å²) in [7, 11) is 0. The Kier molecular flexibility index (Phi) is 3.29. The lowest BCUT2D eigenvalue weighted by Crippen LogP contribution is -2.23. The molecule has 2 fully saturated rings. The molecule has 2 saturated carbocycles. The molecule has 2 aliphatic rings. The molecule has 3 atom stereocenters. The predicted octanol–water partition coefficient (Wildman–Crippen LogP) is 3.53. The van der Waals surface area contributed by atoms with Crippen molar-refractivity contribution >= 4 is 0 Å². The second kappa shape index (κ2) is 4.93. The molecule has 0 bridgehead atoms. The van der Waals surface area contributed by atoms with Gasteiger partial charge in [-0.15, -0.1) is 0 Å². The number of nitrogens with one attached hydrogen (secondary N) is 1. The monoisotopic (exact) mass is 245 g/mol. The van der Waals surface area contributed by atoms with E-state index in [-0.39, 0.29) is 0 Å². The van der Waals surface area contributed by atoms with Gasteiger partial charge in [-0.3, -0.25) is 0 Å². The second-order valence-corrected chi connectivity index (χ2v) is 5.80. The number of ether oxygens (including phenoxy) is 1. The van der Waals surface area contributed by atoms with Crippen LogP contribution in [0.4, 0.5) is 0 Å². The Hall–Kier alpha value is -1.02. The second-order valence-electron chi connectivity index (χ2n) is 5.80. The minimum absolute atomic E-state index is 0.484. The molecule has 2 heteroatoms. The highest BCUT2D eigenvalue weighted by atomic mass is 16.5. The maximum Gasteiger partial charge on any atom is 0.120 e. The maximum absolute atomic E-state index is 5.89. The fourth-order valence-corrected chi connectivity index (χ4v) is 2.71. The zero-order valence-corrected chi connectivity index (χ0v) is 11.4. The minimum atomic E-state index is 0.484. The predicted molar refractivity (Wildman–Crippen MR) is 73.8 cm³/mol. The van der Waals surface area contributed by atoms with E-state index in [4.69, 9.17) is 4.74 Å². The molecule has 98 valence electrons. The number of rotatable bonds is 6. The summed E-state index contributed by atoms with van der Waals surface area (Å²) in [4.78, 5) is 0. The quantitative estimate of drug-likeness (QED) is 0.827. The van der Waals surface area contributed by atoms with E-state index in [9.17, 15) is 0 Å². The van der Waals surface area contributed by atoms with Gasteiger partial charge in [-0.1, -0.05) is 26.0 Å². The maximum atomic E-state index is 5.89. The zero-order chi connectivity index (χ0) is 12.5. The SMILES string of the molecule is CCNC(c1cccc(OC2CC2)c1)C1CC1C. The third-order valence-electron chi connectivity index (χ3n) is 4.07. The minimum Gasteiger partial charge on any atom is -0.490 e. The highest BCUT2D eigenvalue weighted by molar-refractivity contribution is 5.32. The van der Waals surface area contributed by atoms with Crippen molar-refractivity contribution in [1.29, 1.82) is 0 Å². The average Bonchev–Trinajstić information content (AvgIpc) is 3.26. The summed E-state index contributed by atoms with van der Waals surface area (Å²) in [5.74, 6) is 2.72. The lowest BCUT2D eigenvalue weighted by atomic mass is 10.0. The van der Waals surface area contributed by atoms with Crippen LogP contribution in [0, 0.1) is 11.8 Å². The van der Waals surface area contributed by atoms with Crippen LogP contribution >= 0.6 is 0 Å². The van der Waals surface area contributed by atoms with E-state index in [0.717, 1.165) is 24.1 Å². The summed E-state index contributed by atoms with van der Waals surface area (Å²) in [6.45, 7) is 5.56. The number of hydrogen-bond acceptors (Lipinski definition) is 2. The fraction of sp³-hybridized carbons (Fsp3) is 0.625. The number of benzene rings is 1. The number of hydrogen-bond donors (Lipinski definition) is 1. The van der Waals surface area contributed by atoms with E-state index in [1.54, 1.807) is 0 Å². The fourth-order valence-electron chi connectivity index (χ4n) is 2.71. The van der Waals surface area contributed by atoms with Gasteiger partial charge < -0.3 is 10.1 Å². The molecular weight excluding hydrogens is 222 g/mol. The third kappa shape index (κ3) is 2.69. The Morgan fingerprint density at radius 1 is 1.39 bits per heavy atom. The van der Waals surface area contributed by atoms with Crippen LogP contribution in [0.25, 0.3) is 0 Å². The van der Waals surface area contributed by atoms with Gasteiger partial charge in [0.15, 0.2) is 0 Å². The van der Waals surface area contributed by atoms with E-state index >= 15 is 0 Å². The van der Waals surface area contributed by atoms with Gasteiger partial charge in [-0.05, 0) is 55.3 Å². The summed E-state index contributed by atoms with van der Waals surface area (Å²) < 4.78 is 5.89. The van der Waals surface area contributed by atoms with Crippen LogP contribution in [0.1, 0.15) is 44.7 Å². The van der Waals surface area contributed by atoms with Crippen molar-refractivity contribution in [3.05, 3.63) is 29.8 Å². The molecule has 1 N–H and O–H groups in total. The largest absolute Gasteiger partial charge is 0.490 e. The summed E-state index contributed by atoms with van der Waals surface area (Å²) in [5.41, 5.74) is 1.39. The van der Waals surface area contributed by atoms with E-state index in [1.807, 2.05) is 0 Å². The van der Waals surface area contributed by atoms with Crippen LogP contribution in [-0.2, 0) is 0 Å². The van der Waals surface area contributed by atoms with E-state index in [1.165, 1.54) is 24.8 Å². The molecule has 0 spiro atoms. The van der Waals surface area contributed by atoms with Crippen LogP contribution in [0.15, 0.2) is 24.3 Å². The Morgan fingerprint density at radius 2 is 2.17 bits per heavy atom. The molecule has 2 nitrogen and oxygen atoms in total. The van der Waals surface area contributed by atoms with Gasteiger partial charge in [-0.25, -0.2) is 0 Å². The van der Waals surface area contributed by atoms with Gasteiger partial charge in [0.05, 0.1) is 6.10 Å². The summed E-state index contributed by atoms with van der Waals surface area (Å²) in [6, 6.07) is 9.19. The third-order valence-corrected chi connectivity index (χ3v) is 4.07. The van der Waals surface area contributed by atoms with Gasteiger partial charge in [0.1, 0.15) is 5.75 Å². The van der Waals surface area contributed by atoms with E-state index in [2.05, 4.69) is 43.4 Å². The van der Waals surface area contributed by atoms with Gasteiger partial charge in [0.2, 0.25) is 0 Å². The molecule has 3 rings (SSSR count). The summed E-state index contributed by atoms with van der Waals surface area (Å²) in [6.07, 6.45) is 4.28. The van der Waals surface area contributed by atoms with Crippen LogP contribution in [-0.4, -0.2) is 12.6 Å². The summed E-state index contributed by atoms with van der Waals surface area (Å²) in [5, 5.41) is 3.63. The highest BCUT2D eigenvalue weighted by Gasteiger charge is 2.39. The van der Waals surface area contributed by atoms with Crippen molar-refractivity contribution in [3.63, 3.8) is 0 Å². The first-order valence-corrected chi connectivity index (χ1v) is 7.28. The zero-order valence-electron chi connectivity index (χ0n) is 11.4. The first kappa shape index (κ1) is 12.0. The van der Waals surface area contributed by atoms with Crippen LogP contribution in [0.5, 0.6) is 5.75 Å². The topological polar surface area (TPSA) is 21.3 Å². The standard InChI is InChI=1S/C16H23NO/c1-3-17-16(15-9-11(15)2)12-5-4-6-14(10-12)18-13-7-8-13/h4-6,10-11,13,15-17H,3,7-9H2,1-2H3.